The highest BCUT2D eigenvalue weighted by atomic mass is 32.1. The van der Waals surface area contributed by atoms with Gasteiger partial charge in [-0.1, -0.05) is 0 Å². The van der Waals surface area contributed by atoms with Crippen LogP contribution in [0.4, 0.5) is 0 Å². The maximum absolute atomic E-state index is 6.10. The molecule has 0 N–H and O–H groups in total. The smallest absolute Gasteiger partial charge is 0.146 e. The van der Waals surface area contributed by atoms with Gasteiger partial charge >= 0.3 is 0 Å². The highest BCUT2D eigenvalue weighted by Crippen LogP contribution is 2.44. The van der Waals surface area contributed by atoms with E-state index in [1.54, 1.807) is 11.3 Å². The van der Waals surface area contributed by atoms with Crippen molar-refractivity contribution in [1.82, 2.24) is 0 Å². The Labute approximate surface area is 148 Å². The van der Waals surface area contributed by atoms with Crippen molar-refractivity contribution in [3.8, 4) is 9.75 Å². The molecule has 0 spiro atoms. The Hall–Kier alpha value is -2.08. The summed E-state index contributed by atoms with van der Waals surface area (Å²) in [7, 11) is 0. The molecule has 0 saturated carbocycles. The van der Waals surface area contributed by atoms with Crippen LogP contribution in [0.2, 0.25) is 0 Å². The molecule has 0 bridgehead atoms. The van der Waals surface area contributed by atoms with Crippen LogP contribution in [0.1, 0.15) is 4.88 Å². The fourth-order valence-electron chi connectivity index (χ4n) is 3.22. The van der Waals surface area contributed by atoms with E-state index in [0.717, 1.165) is 22.3 Å². The molecule has 24 heavy (non-hydrogen) atoms. The Morgan fingerprint density at radius 2 is 1.54 bits per heavy atom. The lowest BCUT2D eigenvalue weighted by molar-refractivity contribution is 0.657. The van der Waals surface area contributed by atoms with Crippen LogP contribution in [0.15, 0.2) is 50.6 Å². The number of fused-ring (bicyclic) bond motifs is 6. The van der Waals surface area contributed by atoms with Crippen LogP contribution in [0, 0.1) is 6.92 Å². The number of furan rings is 2. The SMILES string of the molecule is Cc1ccc(-c2cc3oc4cc5oc6ccsc6c5cc4c3s2)s1. The monoisotopic (exact) mass is 366 g/mol. The number of thiophene rings is 3. The first-order valence-electron chi connectivity index (χ1n) is 7.59. The summed E-state index contributed by atoms with van der Waals surface area (Å²) < 4.78 is 14.5. The van der Waals surface area contributed by atoms with Gasteiger partial charge in [-0.05, 0) is 36.6 Å². The second-order valence-corrected chi connectivity index (χ2v) is 9.13. The summed E-state index contributed by atoms with van der Waals surface area (Å²) in [4.78, 5) is 3.92. The fourth-order valence-corrected chi connectivity index (χ4v) is 6.12. The summed E-state index contributed by atoms with van der Waals surface area (Å²) in [6, 6.07) is 12.8. The summed E-state index contributed by atoms with van der Waals surface area (Å²) in [6.45, 7) is 2.14. The molecule has 0 amide bonds. The van der Waals surface area contributed by atoms with E-state index < -0.39 is 0 Å². The minimum absolute atomic E-state index is 0.902. The summed E-state index contributed by atoms with van der Waals surface area (Å²) in [5.74, 6) is 0. The molecule has 0 atom stereocenters. The lowest BCUT2D eigenvalue weighted by atomic mass is 10.2. The first-order chi connectivity index (χ1) is 11.8. The van der Waals surface area contributed by atoms with Crippen LogP contribution in [0.5, 0.6) is 0 Å². The minimum atomic E-state index is 0.902. The van der Waals surface area contributed by atoms with Gasteiger partial charge in [-0.25, -0.2) is 0 Å². The molecule has 2 nitrogen and oxygen atoms in total. The third-order valence-corrected chi connectivity index (χ3v) is 7.60. The maximum Gasteiger partial charge on any atom is 0.146 e. The van der Waals surface area contributed by atoms with Gasteiger partial charge in [0.25, 0.3) is 0 Å². The molecular weight excluding hydrogens is 356 g/mol. The van der Waals surface area contributed by atoms with Crippen LogP contribution < -0.4 is 0 Å². The van der Waals surface area contributed by atoms with E-state index in [4.69, 9.17) is 8.83 Å². The molecule has 5 heterocycles. The largest absolute Gasteiger partial charge is 0.455 e. The van der Waals surface area contributed by atoms with Gasteiger partial charge in [-0.2, -0.15) is 0 Å². The molecule has 0 radical (unpaired) electrons. The first kappa shape index (κ1) is 13.2. The molecular formula is C19H10O2S3. The van der Waals surface area contributed by atoms with Gasteiger partial charge in [-0.3, -0.25) is 0 Å². The van der Waals surface area contributed by atoms with E-state index in [0.29, 0.717) is 0 Å². The summed E-state index contributed by atoms with van der Waals surface area (Å²) >= 11 is 5.36. The highest BCUT2D eigenvalue weighted by Gasteiger charge is 2.17. The molecule has 6 aromatic rings. The highest BCUT2D eigenvalue weighted by molar-refractivity contribution is 7.26. The zero-order chi connectivity index (χ0) is 15.8. The zero-order valence-electron chi connectivity index (χ0n) is 12.6. The van der Waals surface area contributed by atoms with Gasteiger partial charge in [0.15, 0.2) is 0 Å². The standard InChI is InChI=1S/C19H10O2S3/c1-9-2-3-16(23-9)17-8-15-19(24-17)11-6-10-13(7-14(11)21-15)20-12-4-5-22-18(10)12/h2-8H,1H3. The van der Waals surface area contributed by atoms with Crippen molar-refractivity contribution in [2.45, 2.75) is 6.92 Å². The van der Waals surface area contributed by atoms with E-state index in [2.05, 4.69) is 36.6 Å². The number of rotatable bonds is 1. The molecule has 5 aromatic heterocycles. The lowest BCUT2D eigenvalue weighted by Crippen LogP contribution is -1.66. The molecule has 0 aliphatic heterocycles. The Morgan fingerprint density at radius 1 is 0.708 bits per heavy atom. The van der Waals surface area contributed by atoms with Crippen LogP contribution in [-0.2, 0) is 0 Å². The van der Waals surface area contributed by atoms with Crippen molar-refractivity contribution in [1.29, 1.82) is 0 Å². The van der Waals surface area contributed by atoms with Crippen molar-refractivity contribution >= 4 is 76.5 Å². The molecule has 1 aromatic carbocycles. The Balaban J connectivity index is 1.68. The van der Waals surface area contributed by atoms with E-state index >= 15 is 0 Å². The Kier molecular flexibility index (Phi) is 2.49. The second-order valence-electron chi connectivity index (χ2n) is 5.88. The van der Waals surface area contributed by atoms with Crippen molar-refractivity contribution in [3.05, 3.63) is 46.7 Å². The third kappa shape index (κ3) is 1.69. The fraction of sp³-hybridized carbons (Fsp3) is 0.0526. The van der Waals surface area contributed by atoms with Crippen molar-refractivity contribution in [2.75, 3.05) is 0 Å². The third-order valence-electron chi connectivity index (χ3n) is 4.32. The quantitative estimate of drug-likeness (QED) is 0.299. The summed E-state index contributed by atoms with van der Waals surface area (Å²) in [6.07, 6.45) is 0. The minimum Gasteiger partial charge on any atom is -0.455 e. The van der Waals surface area contributed by atoms with Crippen LogP contribution in [0.25, 0.3) is 52.3 Å². The summed E-state index contributed by atoms with van der Waals surface area (Å²) in [5.41, 5.74) is 3.73. The Morgan fingerprint density at radius 3 is 2.38 bits per heavy atom. The number of hydrogen-bond donors (Lipinski definition) is 0. The van der Waals surface area contributed by atoms with E-state index in [9.17, 15) is 0 Å². The molecule has 0 fully saturated rings. The summed E-state index contributed by atoms with van der Waals surface area (Å²) in [5, 5.41) is 4.43. The van der Waals surface area contributed by atoms with Crippen molar-refractivity contribution in [3.63, 3.8) is 0 Å². The topological polar surface area (TPSA) is 26.3 Å². The molecule has 6 rings (SSSR count). The lowest BCUT2D eigenvalue weighted by Gasteiger charge is -1.92. The Bertz CT molecular complexity index is 1370. The van der Waals surface area contributed by atoms with E-state index in [1.807, 2.05) is 34.8 Å². The van der Waals surface area contributed by atoms with E-state index in [1.165, 1.54) is 34.8 Å². The van der Waals surface area contributed by atoms with Gasteiger partial charge in [-0.15, -0.1) is 34.0 Å². The van der Waals surface area contributed by atoms with Crippen LogP contribution in [0.3, 0.4) is 0 Å². The molecule has 0 aliphatic carbocycles. The van der Waals surface area contributed by atoms with E-state index in [-0.39, 0.29) is 0 Å². The van der Waals surface area contributed by atoms with Gasteiger partial charge in [0, 0.05) is 37.5 Å². The van der Waals surface area contributed by atoms with Crippen LogP contribution in [-0.4, -0.2) is 0 Å². The second kappa shape index (κ2) is 4.51. The predicted octanol–water partition coefficient (Wildman–Crippen LogP) is 7.65. The van der Waals surface area contributed by atoms with Crippen LogP contribution >= 0.6 is 34.0 Å². The van der Waals surface area contributed by atoms with Crippen molar-refractivity contribution < 1.29 is 8.83 Å². The average molecular weight is 366 g/mol. The van der Waals surface area contributed by atoms with Gasteiger partial charge in [0.05, 0.1) is 9.40 Å². The van der Waals surface area contributed by atoms with Crippen molar-refractivity contribution in [2.24, 2.45) is 0 Å². The average Bonchev–Trinajstić information content (AvgIpc) is 3.29. The normalized spacial score (nSPS) is 12.4. The van der Waals surface area contributed by atoms with Gasteiger partial charge in [0.1, 0.15) is 22.3 Å². The molecule has 0 saturated heterocycles. The zero-order valence-corrected chi connectivity index (χ0v) is 15.0. The number of benzene rings is 1. The molecule has 0 aliphatic rings. The maximum atomic E-state index is 6.10. The molecule has 0 unspecified atom stereocenters. The molecule has 116 valence electrons. The van der Waals surface area contributed by atoms with Gasteiger partial charge < -0.3 is 8.83 Å². The first-order valence-corrected chi connectivity index (χ1v) is 10.1. The van der Waals surface area contributed by atoms with Gasteiger partial charge in [0.2, 0.25) is 0 Å². The number of aryl methyl sites for hydroxylation is 1. The number of hydrogen-bond acceptors (Lipinski definition) is 5. The molecule has 5 heteroatoms. The predicted molar refractivity (Wildman–Crippen MR) is 105 cm³/mol.